The lowest BCUT2D eigenvalue weighted by atomic mass is 9.50. The van der Waals surface area contributed by atoms with Crippen molar-refractivity contribution in [3.63, 3.8) is 0 Å². The van der Waals surface area contributed by atoms with E-state index in [-0.39, 0.29) is 17.2 Å². The van der Waals surface area contributed by atoms with E-state index in [2.05, 4.69) is 20.4 Å². The van der Waals surface area contributed by atoms with Crippen molar-refractivity contribution < 1.29 is 28.5 Å². The average molecular weight is 617 g/mol. The highest BCUT2D eigenvalue weighted by molar-refractivity contribution is 5.87. The maximum atomic E-state index is 12.8. The second-order valence-corrected chi connectivity index (χ2v) is 16.2. The van der Waals surface area contributed by atoms with Gasteiger partial charge < -0.3 is 23.7 Å². The SMILES string of the molecule is C=C(C)C(=O)OC12CC3CC(OCCCCCC4(CCCC)COC4)(CC(OCCCCCC4(CCCC)COC4)(C3)C1)C2. The van der Waals surface area contributed by atoms with E-state index in [1.165, 1.54) is 77.0 Å². The molecule has 0 radical (unpaired) electrons. The van der Waals surface area contributed by atoms with Crippen molar-refractivity contribution in [3.8, 4) is 0 Å². The zero-order valence-corrected chi connectivity index (χ0v) is 28.6. The zero-order valence-electron chi connectivity index (χ0n) is 28.6. The van der Waals surface area contributed by atoms with Crippen LogP contribution >= 0.6 is 0 Å². The molecule has 0 aromatic carbocycles. The molecule has 2 aliphatic heterocycles. The van der Waals surface area contributed by atoms with Gasteiger partial charge in [0.15, 0.2) is 0 Å². The average Bonchev–Trinajstić information content (AvgIpc) is 2.93. The van der Waals surface area contributed by atoms with Crippen LogP contribution in [0.25, 0.3) is 0 Å². The largest absolute Gasteiger partial charge is 0.455 e. The molecule has 4 aliphatic carbocycles. The highest BCUT2D eigenvalue weighted by atomic mass is 16.6. The summed E-state index contributed by atoms with van der Waals surface area (Å²) in [5, 5.41) is 0. The summed E-state index contributed by atoms with van der Waals surface area (Å²) in [6.45, 7) is 15.6. The second kappa shape index (κ2) is 14.9. The van der Waals surface area contributed by atoms with Crippen molar-refractivity contribution >= 4 is 5.97 Å². The van der Waals surface area contributed by atoms with Gasteiger partial charge in [0, 0.05) is 48.9 Å². The first-order chi connectivity index (χ1) is 21.2. The molecule has 6 rings (SSSR count). The lowest BCUT2D eigenvalue weighted by molar-refractivity contribution is -0.283. The van der Waals surface area contributed by atoms with Gasteiger partial charge in [-0.25, -0.2) is 4.79 Å². The van der Waals surface area contributed by atoms with Crippen LogP contribution < -0.4 is 0 Å². The van der Waals surface area contributed by atoms with Gasteiger partial charge in [0.2, 0.25) is 0 Å². The minimum Gasteiger partial charge on any atom is -0.455 e. The van der Waals surface area contributed by atoms with Gasteiger partial charge in [0.25, 0.3) is 0 Å². The molecule has 2 atom stereocenters. The number of hydrogen-bond donors (Lipinski definition) is 0. The van der Waals surface area contributed by atoms with Gasteiger partial charge in [-0.1, -0.05) is 71.8 Å². The number of unbranched alkanes of at least 4 members (excludes halogenated alkanes) is 6. The fraction of sp³-hybridized carbons (Fsp3) is 0.921. The third kappa shape index (κ3) is 8.30. The maximum Gasteiger partial charge on any atom is 0.333 e. The molecule has 2 heterocycles. The standard InChI is InChI=1S/C38H64O6/c1-5-7-15-34(27-40-28-34)17-11-9-13-19-42-36-21-32-22-37(24-36,26-38(23-32,25-36)44-33(39)31(3)4)43-20-14-10-12-18-35(16-8-6-2)29-41-30-35/h32H,3,5-30H2,1-2,4H3. The van der Waals surface area contributed by atoms with Gasteiger partial charge in [0.1, 0.15) is 5.60 Å². The van der Waals surface area contributed by atoms with Crippen LogP contribution in [0.5, 0.6) is 0 Å². The Labute approximate surface area is 268 Å². The number of rotatable bonds is 22. The molecule has 2 saturated heterocycles. The molecule has 2 unspecified atom stereocenters. The van der Waals surface area contributed by atoms with Crippen LogP contribution in [0.2, 0.25) is 0 Å². The lowest BCUT2D eigenvalue weighted by Gasteiger charge is -2.64. The third-order valence-electron chi connectivity index (χ3n) is 11.8. The van der Waals surface area contributed by atoms with E-state index in [1.807, 2.05) is 0 Å². The first kappa shape index (κ1) is 34.4. The van der Waals surface area contributed by atoms with Crippen LogP contribution in [0, 0.1) is 16.7 Å². The van der Waals surface area contributed by atoms with Gasteiger partial charge in [-0.2, -0.15) is 0 Å². The van der Waals surface area contributed by atoms with Crippen LogP contribution in [0.1, 0.15) is 149 Å². The molecule has 4 bridgehead atoms. The summed E-state index contributed by atoms with van der Waals surface area (Å²) in [5.41, 5.74) is 0.405. The van der Waals surface area contributed by atoms with Crippen molar-refractivity contribution in [2.45, 2.75) is 166 Å². The molecule has 0 N–H and O–H groups in total. The molecular weight excluding hydrogens is 552 g/mol. The van der Waals surface area contributed by atoms with E-state index >= 15 is 0 Å². The van der Waals surface area contributed by atoms with Crippen LogP contribution in [-0.4, -0.2) is 62.4 Å². The number of ether oxygens (including phenoxy) is 5. The Morgan fingerprint density at radius 2 is 1.09 bits per heavy atom. The van der Waals surface area contributed by atoms with E-state index in [9.17, 15) is 4.79 Å². The van der Waals surface area contributed by atoms with Crippen LogP contribution in [0.4, 0.5) is 0 Å². The van der Waals surface area contributed by atoms with Crippen molar-refractivity contribution in [1.29, 1.82) is 0 Å². The summed E-state index contributed by atoms with van der Waals surface area (Å²) >= 11 is 0. The highest BCUT2D eigenvalue weighted by Crippen LogP contribution is 2.63. The molecule has 6 nitrogen and oxygen atoms in total. The Morgan fingerprint density at radius 1 is 0.659 bits per heavy atom. The molecule has 0 aromatic heterocycles. The van der Waals surface area contributed by atoms with Gasteiger partial charge in [-0.15, -0.1) is 0 Å². The smallest absolute Gasteiger partial charge is 0.333 e. The summed E-state index contributed by atoms with van der Waals surface area (Å²) in [6.07, 6.45) is 23.1. The van der Waals surface area contributed by atoms with Crippen molar-refractivity contribution in [2.24, 2.45) is 16.7 Å². The number of carbonyl (C=O) groups excluding carboxylic acids is 1. The Hall–Kier alpha value is -0.950. The Kier molecular flexibility index (Phi) is 11.6. The fourth-order valence-corrected chi connectivity index (χ4v) is 9.74. The van der Waals surface area contributed by atoms with E-state index < -0.39 is 5.60 Å². The minimum atomic E-state index is -0.485. The summed E-state index contributed by atoms with van der Waals surface area (Å²) in [5.74, 6) is 0.226. The molecule has 6 heteroatoms. The fourth-order valence-electron chi connectivity index (χ4n) is 9.74. The topological polar surface area (TPSA) is 63.2 Å². The van der Waals surface area contributed by atoms with E-state index in [4.69, 9.17) is 23.7 Å². The zero-order chi connectivity index (χ0) is 31.2. The predicted molar refractivity (Wildman–Crippen MR) is 175 cm³/mol. The Morgan fingerprint density at radius 3 is 1.50 bits per heavy atom. The van der Waals surface area contributed by atoms with E-state index in [0.717, 1.165) is 91.0 Å². The van der Waals surface area contributed by atoms with Gasteiger partial charge in [0.05, 0.1) is 37.6 Å². The number of hydrogen-bond acceptors (Lipinski definition) is 6. The number of carbonyl (C=O) groups is 1. The van der Waals surface area contributed by atoms with Crippen LogP contribution in [0.3, 0.4) is 0 Å². The lowest BCUT2D eigenvalue weighted by Crippen LogP contribution is -2.68. The molecule has 0 aromatic rings. The van der Waals surface area contributed by atoms with Gasteiger partial charge in [-0.3, -0.25) is 0 Å². The molecule has 44 heavy (non-hydrogen) atoms. The number of esters is 1. The normalized spacial score (nSPS) is 32.7. The van der Waals surface area contributed by atoms with Crippen molar-refractivity contribution in [1.82, 2.24) is 0 Å². The quantitative estimate of drug-likeness (QED) is 0.0688. The monoisotopic (exact) mass is 616 g/mol. The van der Waals surface area contributed by atoms with Crippen LogP contribution in [-0.2, 0) is 28.5 Å². The Bertz CT molecular complexity index is 897. The predicted octanol–water partition coefficient (Wildman–Crippen LogP) is 8.89. The van der Waals surface area contributed by atoms with Gasteiger partial charge >= 0.3 is 5.97 Å². The Balaban J connectivity index is 1.11. The summed E-state index contributed by atoms with van der Waals surface area (Å²) < 4.78 is 31.3. The molecule has 6 aliphatic rings. The second-order valence-electron chi connectivity index (χ2n) is 16.2. The highest BCUT2D eigenvalue weighted by Gasteiger charge is 2.66. The van der Waals surface area contributed by atoms with Crippen LogP contribution in [0.15, 0.2) is 12.2 Å². The molecular formula is C38H64O6. The molecule has 6 fully saturated rings. The van der Waals surface area contributed by atoms with E-state index in [1.54, 1.807) is 6.92 Å². The molecule has 252 valence electrons. The molecule has 4 saturated carbocycles. The van der Waals surface area contributed by atoms with Gasteiger partial charge in [-0.05, 0) is 70.6 Å². The van der Waals surface area contributed by atoms with Crippen molar-refractivity contribution in [2.75, 3.05) is 39.6 Å². The minimum absolute atomic E-state index is 0.241. The first-order valence-corrected chi connectivity index (χ1v) is 18.5. The van der Waals surface area contributed by atoms with E-state index in [0.29, 0.717) is 22.3 Å². The van der Waals surface area contributed by atoms with Crippen molar-refractivity contribution in [3.05, 3.63) is 12.2 Å². The summed E-state index contributed by atoms with van der Waals surface area (Å²) in [6, 6.07) is 0. The third-order valence-corrected chi connectivity index (χ3v) is 11.8. The first-order valence-electron chi connectivity index (χ1n) is 18.5. The molecule has 0 spiro atoms. The molecule has 0 amide bonds. The summed E-state index contributed by atoms with van der Waals surface area (Å²) in [7, 11) is 0. The maximum absolute atomic E-state index is 12.8. The summed E-state index contributed by atoms with van der Waals surface area (Å²) in [4.78, 5) is 12.8.